The van der Waals surface area contributed by atoms with E-state index in [9.17, 15) is 29.2 Å². The first-order chi connectivity index (χ1) is 15.7. The molecule has 0 amide bonds. The van der Waals surface area contributed by atoms with E-state index in [0.717, 1.165) is 31.7 Å². The van der Waals surface area contributed by atoms with E-state index in [1.165, 1.54) is 12.1 Å². The van der Waals surface area contributed by atoms with Crippen LogP contribution in [0.3, 0.4) is 0 Å². The lowest BCUT2D eigenvalue weighted by molar-refractivity contribution is -0.0894. The molecule has 0 radical (unpaired) electrons. The summed E-state index contributed by atoms with van der Waals surface area (Å²) in [4.78, 5) is 6.10. The highest BCUT2D eigenvalue weighted by molar-refractivity contribution is 5.85. The van der Waals surface area contributed by atoms with Gasteiger partial charge in [0, 0.05) is 38.2 Å². The van der Waals surface area contributed by atoms with Crippen LogP contribution in [0.2, 0.25) is 0 Å². The molecule has 0 saturated carbocycles. The topological polar surface area (TPSA) is 119 Å². The van der Waals surface area contributed by atoms with Crippen LogP contribution in [0.5, 0.6) is 0 Å². The van der Waals surface area contributed by atoms with Gasteiger partial charge in [-0.2, -0.15) is 0 Å². The lowest BCUT2D eigenvalue weighted by Gasteiger charge is -2.23. The minimum absolute atomic E-state index is 0. The van der Waals surface area contributed by atoms with E-state index in [-0.39, 0.29) is 37.7 Å². The van der Waals surface area contributed by atoms with Crippen molar-refractivity contribution in [2.45, 2.75) is 63.6 Å². The summed E-state index contributed by atoms with van der Waals surface area (Å²) in [6.07, 6.45) is -1.43. The third-order valence-electron chi connectivity index (χ3n) is 5.71. The SMILES string of the molecule is Cc1nc(COCCCCCCN2C[C@H](O)[C@@H](O)[C@H](O)[C@@H](O)C2)c(-c2cc(F)cc(F)c2)o1.Cl. The average Bonchev–Trinajstić information content (AvgIpc) is 3.10. The van der Waals surface area contributed by atoms with Gasteiger partial charge in [0.15, 0.2) is 11.7 Å². The molecular formula is C23H33ClF2N2O6. The summed E-state index contributed by atoms with van der Waals surface area (Å²) in [6, 6.07) is 3.18. The zero-order valence-electron chi connectivity index (χ0n) is 19.1. The van der Waals surface area contributed by atoms with Crippen LogP contribution in [0, 0.1) is 18.6 Å². The van der Waals surface area contributed by atoms with Crippen LogP contribution in [0.15, 0.2) is 22.6 Å². The molecule has 0 aliphatic carbocycles. The number of ether oxygens (including phenoxy) is 1. The monoisotopic (exact) mass is 506 g/mol. The lowest BCUT2D eigenvalue weighted by atomic mass is 10.1. The van der Waals surface area contributed by atoms with Crippen LogP contribution in [0.1, 0.15) is 37.3 Å². The smallest absolute Gasteiger partial charge is 0.192 e. The fraction of sp³-hybridized carbons (Fsp3) is 0.609. The Labute approximate surface area is 203 Å². The molecule has 2 heterocycles. The van der Waals surface area contributed by atoms with Gasteiger partial charge in [0.2, 0.25) is 0 Å². The van der Waals surface area contributed by atoms with E-state index in [0.29, 0.717) is 30.5 Å². The van der Waals surface area contributed by atoms with Crippen molar-refractivity contribution in [2.75, 3.05) is 26.2 Å². The van der Waals surface area contributed by atoms with Gasteiger partial charge in [-0.15, -0.1) is 12.4 Å². The first-order valence-electron chi connectivity index (χ1n) is 11.2. The average molecular weight is 507 g/mol. The van der Waals surface area contributed by atoms with Crippen molar-refractivity contribution in [3.05, 3.63) is 41.4 Å². The van der Waals surface area contributed by atoms with Crippen LogP contribution in [-0.4, -0.2) is 81.0 Å². The van der Waals surface area contributed by atoms with Crippen LogP contribution < -0.4 is 0 Å². The van der Waals surface area contributed by atoms with Crippen molar-refractivity contribution in [1.29, 1.82) is 0 Å². The first kappa shape index (κ1) is 28.6. The van der Waals surface area contributed by atoms with Gasteiger partial charge >= 0.3 is 0 Å². The fourth-order valence-corrected chi connectivity index (χ4v) is 4.00. The number of nitrogens with zero attached hydrogens (tertiary/aromatic N) is 2. The van der Waals surface area contributed by atoms with Crippen molar-refractivity contribution in [3.63, 3.8) is 0 Å². The van der Waals surface area contributed by atoms with E-state index in [1.54, 1.807) is 6.92 Å². The van der Waals surface area contributed by atoms with Gasteiger partial charge in [0.05, 0.1) is 18.8 Å². The highest BCUT2D eigenvalue weighted by Gasteiger charge is 2.35. The molecule has 0 spiro atoms. The molecule has 0 bridgehead atoms. The van der Waals surface area contributed by atoms with E-state index >= 15 is 0 Å². The maximum atomic E-state index is 13.5. The molecule has 1 fully saturated rings. The lowest BCUT2D eigenvalue weighted by Crippen LogP contribution is -2.43. The summed E-state index contributed by atoms with van der Waals surface area (Å²) in [6.45, 7) is 3.36. The summed E-state index contributed by atoms with van der Waals surface area (Å²) in [5.41, 5.74) is 0.760. The Morgan fingerprint density at radius 2 is 1.56 bits per heavy atom. The molecule has 1 aliphatic heterocycles. The maximum Gasteiger partial charge on any atom is 0.192 e. The number of hydrogen-bond acceptors (Lipinski definition) is 8. The summed E-state index contributed by atoms with van der Waals surface area (Å²) in [5.74, 6) is -0.704. The quantitative estimate of drug-likeness (QED) is 0.362. The highest BCUT2D eigenvalue weighted by Crippen LogP contribution is 2.27. The summed E-state index contributed by atoms with van der Waals surface area (Å²) >= 11 is 0. The van der Waals surface area contributed by atoms with Crippen molar-refractivity contribution in [1.82, 2.24) is 9.88 Å². The number of unbranched alkanes of at least 4 members (excludes halogenated alkanes) is 3. The van der Waals surface area contributed by atoms with E-state index in [2.05, 4.69) is 4.98 Å². The van der Waals surface area contributed by atoms with Crippen molar-refractivity contribution in [3.8, 4) is 11.3 Å². The Balaban J connectivity index is 0.00000408. The number of aryl methyl sites for hydroxylation is 1. The molecule has 0 unspecified atom stereocenters. The molecule has 4 N–H and O–H groups in total. The molecule has 11 heteroatoms. The van der Waals surface area contributed by atoms with Gasteiger partial charge in [-0.25, -0.2) is 13.8 Å². The normalized spacial score (nSPS) is 23.5. The molecule has 2 aromatic rings. The number of β-amino-alcohol motifs (C(OH)–C–C–N with tert-alkyl or cyclic N) is 2. The standard InChI is InChI=1S/C23H32F2N2O6.ClH/c1-14-26-18(23(33-14)15-8-16(24)10-17(25)9-15)13-32-7-5-3-2-4-6-27-11-19(28)21(30)22(31)20(29)12-27;/h8-10,19-22,28-31H,2-7,11-13H2,1H3;1H/t19-,20-,21+,22+;/m0./s1. The molecule has 192 valence electrons. The Morgan fingerprint density at radius 3 is 2.18 bits per heavy atom. The van der Waals surface area contributed by atoms with Crippen LogP contribution in [0.4, 0.5) is 8.78 Å². The predicted octanol–water partition coefficient (Wildman–Crippen LogP) is 2.19. The number of likely N-dealkylation sites (tertiary alicyclic amines) is 1. The van der Waals surface area contributed by atoms with Crippen LogP contribution in [0.25, 0.3) is 11.3 Å². The Morgan fingerprint density at radius 1 is 0.971 bits per heavy atom. The van der Waals surface area contributed by atoms with Gasteiger partial charge in [-0.05, 0) is 31.5 Å². The number of benzene rings is 1. The Kier molecular flexibility index (Phi) is 11.3. The van der Waals surface area contributed by atoms with Crippen molar-refractivity contribution >= 4 is 12.4 Å². The minimum Gasteiger partial charge on any atom is -0.441 e. The third-order valence-corrected chi connectivity index (χ3v) is 5.71. The number of hydrogen-bond donors (Lipinski definition) is 4. The Hall–Kier alpha value is -1.66. The predicted molar refractivity (Wildman–Crippen MR) is 122 cm³/mol. The number of halogens is 3. The van der Waals surface area contributed by atoms with Crippen molar-refractivity contribution < 1.29 is 38.4 Å². The number of rotatable bonds is 10. The fourth-order valence-electron chi connectivity index (χ4n) is 4.00. The highest BCUT2D eigenvalue weighted by atomic mass is 35.5. The molecule has 3 rings (SSSR count). The molecule has 1 aliphatic rings. The van der Waals surface area contributed by atoms with Crippen molar-refractivity contribution in [2.24, 2.45) is 0 Å². The van der Waals surface area contributed by atoms with Crippen LogP contribution in [-0.2, 0) is 11.3 Å². The van der Waals surface area contributed by atoms with Gasteiger partial charge in [0.25, 0.3) is 0 Å². The second-order valence-electron chi connectivity index (χ2n) is 8.51. The van der Waals surface area contributed by atoms with E-state index in [1.807, 2.05) is 4.90 Å². The summed E-state index contributed by atoms with van der Waals surface area (Å²) in [5, 5.41) is 39.3. The maximum absolute atomic E-state index is 13.5. The molecule has 1 saturated heterocycles. The number of oxazole rings is 1. The number of aliphatic hydroxyl groups is 4. The molecular weight excluding hydrogens is 474 g/mol. The molecule has 34 heavy (non-hydrogen) atoms. The number of aliphatic hydroxyl groups excluding tert-OH is 4. The first-order valence-corrected chi connectivity index (χ1v) is 11.2. The molecule has 1 aromatic heterocycles. The van der Waals surface area contributed by atoms with Crippen LogP contribution >= 0.6 is 12.4 Å². The summed E-state index contributed by atoms with van der Waals surface area (Å²) < 4.78 is 38.3. The molecule has 8 nitrogen and oxygen atoms in total. The summed E-state index contributed by atoms with van der Waals surface area (Å²) in [7, 11) is 0. The second-order valence-corrected chi connectivity index (χ2v) is 8.51. The zero-order valence-corrected chi connectivity index (χ0v) is 19.9. The molecule has 4 atom stereocenters. The minimum atomic E-state index is -1.35. The number of aromatic nitrogens is 1. The third kappa shape index (κ3) is 7.94. The van der Waals surface area contributed by atoms with E-state index < -0.39 is 36.1 Å². The zero-order chi connectivity index (χ0) is 24.0. The Bertz CT molecular complexity index is 866. The largest absolute Gasteiger partial charge is 0.441 e. The van der Waals surface area contributed by atoms with E-state index in [4.69, 9.17) is 9.15 Å². The van der Waals surface area contributed by atoms with Gasteiger partial charge < -0.3 is 29.6 Å². The second kappa shape index (κ2) is 13.4. The molecule has 1 aromatic carbocycles. The van der Waals surface area contributed by atoms with Gasteiger partial charge in [-0.3, -0.25) is 4.90 Å². The van der Waals surface area contributed by atoms with Gasteiger partial charge in [-0.1, -0.05) is 12.8 Å². The van der Waals surface area contributed by atoms with Gasteiger partial charge in [0.1, 0.15) is 29.5 Å².